The molecule has 3 rings (SSSR count). The highest BCUT2D eigenvalue weighted by atomic mass is 32.4. The Morgan fingerprint density at radius 1 is 0.612 bits per heavy atom. The molecule has 0 radical (unpaired) electrons. The SMILES string of the molecule is COc1ccc(/C=N/N(C)[P+](=S)Oc2ccc(/C=N/N(C)[P+](=S)Oc3ccc(N(CP(=O)(OC)OC)CP(=O)(OC)OC)cc3)cc2)cc1. The summed E-state index contributed by atoms with van der Waals surface area (Å²) in [6.45, 7) is 0. The lowest BCUT2D eigenvalue weighted by molar-refractivity contribution is 0.270. The Hall–Kier alpha value is -2.86. The average molecular weight is 790 g/mol. The standard InChI is InChI=1S/C29H39N5O9P4S2/c1-32(30-20-24-8-14-27(37-3)15-9-24)44(48)42-28-16-10-25(11-17-28)21-31-33(2)45(49)43-29-18-12-26(13-19-29)34(22-46(35,38-4)39-5)23-47(36,40-6)41-7/h8-21H,22-23H2,1-7H3/q+2/b30-20+,31-21+. The van der Waals surface area contributed by atoms with Gasteiger partial charge in [-0.1, -0.05) is 9.56 Å². The Labute approximate surface area is 299 Å². The van der Waals surface area contributed by atoms with E-state index in [2.05, 4.69) is 10.2 Å². The van der Waals surface area contributed by atoms with Gasteiger partial charge < -0.3 is 27.7 Å². The van der Waals surface area contributed by atoms with E-state index in [4.69, 9.17) is 55.5 Å². The fraction of sp³-hybridized carbons (Fsp3) is 0.310. The fourth-order valence-corrected chi connectivity index (χ4v) is 7.87. The predicted octanol–water partition coefficient (Wildman–Crippen LogP) is 7.63. The van der Waals surface area contributed by atoms with Crippen LogP contribution < -0.4 is 18.7 Å². The molecule has 0 bridgehead atoms. The molecule has 0 aromatic heterocycles. The summed E-state index contributed by atoms with van der Waals surface area (Å²) in [5, 5.41) is 8.82. The highest BCUT2D eigenvalue weighted by Crippen LogP contribution is 2.52. The molecule has 0 N–H and O–H groups in total. The average Bonchev–Trinajstić information content (AvgIpc) is 3.13. The maximum Gasteiger partial charge on any atom is 0.540 e. The van der Waals surface area contributed by atoms with Gasteiger partial charge >= 0.3 is 29.3 Å². The van der Waals surface area contributed by atoms with Gasteiger partial charge in [0.2, 0.25) is 23.6 Å². The minimum atomic E-state index is -3.51. The number of ether oxygens (including phenoxy) is 1. The van der Waals surface area contributed by atoms with Gasteiger partial charge in [0.15, 0.2) is 11.5 Å². The van der Waals surface area contributed by atoms with Crippen LogP contribution in [0.15, 0.2) is 83.0 Å². The molecule has 0 spiro atoms. The second-order valence-electron chi connectivity index (χ2n) is 9.74. The minimum Gasteiger partial charge on any atom is -0.497 e. The maximum atomic E-state index is 12.9. The zero-order valence-corrected chi connectivity index (χ0v) is 33.2. The Morgan fingerprint density at radius 2 is 0.959 bits per heavy atom. The van der Waals surface area contributed by atoms with Crippen LogP contribution in [0.5, 0.6) is 17.2 Å². The summed E-state index contributed by atoms with van der Waals surface area (Å²) in [7, 11) is 0.191. The molecule has 49 heavy (non-hydrogen) atoms. The van der Waals surface area contributed by atoms with E-state index in [1.165, 1.54) is 28.4 Å². The summed E-state index contributed by atoms with van der Waals surface area (Å²) in [6.07, 6.45) is 2.98. The molecule has 0 aliphatic heterocycles. The van der Waals surface area contributed by atoms with Gasteiger partial charge in [0.05, 0.1) is 33.6 Å². The van der Waals surface area contributed by atoms with Crippen LogP contribution in [-0.2, 0) is 50.8 Å². The lowest BCUT2D eigenvalue weighted by Gasteiger charge is -2.29. The molecule has 0 aliphatic carbocycles. The second-order valence-corrected chi connectivity index (χ2v) is 18.6. The second kappa shape index (κ2) is 19.5. The van der Waals surface area contributed by atoms with Crippen molar-refractivity contribution in [3.05, 3.63) is 83.9 Å². The predicted molar refractivity (Wildman–Crippen MR) is 202 cm³/mol. The molecule has 3 aromatic rings. The lowest BCUT2D eigenvalue weighted by atomic mass is 10.2. The van der Waals surface area contributed by atoms with Crippen LogP contribution in [0, 0.1) is 0 Å². The van der Waals surface area contributed by atoms with Crippen molar-refractivity contribution in [3.63, 3.8) is 0 Å². The summed E-state index contributed by atoms with van der Waals surface area (Å²) < 4.78 is 66.3. The molecule has 0 amide bonds. The van der Waals surface area contributed by atoms with Crippen molar-refractivity contribution >= 4 is 71.1 Å². The summed E-state index contributed by atoms with van der Waals surface area (Å²) in [4.78, 5) is 1.54. The van der Waals surface area contributed by atoms with Crippen molar-refractivity contribution in [2.45, 2.75) is 0 Å². The number of benzene rings is 3. The van der Waals surface area contributed by atoms with Crippen LogP contribution >= 0.6 is 29.3 Å². The first-order chi connectivity index (χ1) is 23.4. The molecular formula is C29H39N5O9P4S2+2. The first-order valence-corrected chi connectivity index (χ1v) is 22.1. The topological polar surface area (TPSA) is 133 Å². The van der Waals surface area contributed by atoms with E-state index in [0.29, 0.717) is 17.2 Å². The van der Waals surface area contributed by atoms with Gasteiger partial charge in [-0.25, -0.2) is 0 Å². The number of rotatable bonds is 20. The summed E-state index contributed by atoms with van der Waals surface area (Å²) in [5.41, 5.74) is 2.28. The van der Waals surface area contributed by atoms with E-state index in [0.717, 1.165) is 16.9 Å². The molecule has 2 unspecified atom stereocenters. The normalized spacial score (nSPS) is 12.6. The molecule has 0 aliphatic rings. The number of anilines is 1. The van der Waals surface area contributed by atoms with E-state index in [1.54, 1.807) is 84.5 Å². The number of methoxy groups -OCH3 is 1. The minimum absolute atomic E-state index is 0.194. The molecule has 2 atom stereocenters. The van der Waals surface area contributed by atoms with Gasteiger partial charge in [-0.2, -0.15) is 0 Å². The van der Waals surface area contributed by atoms with Gasteiger partial charge in [0.25, 0.3) is 0 Å². The molecule has 0 fully saturated rings. The molecule has 0 heterocycles. The molecule has 0 saturated heterocycles. The Kier molecular flexibility index (Phi) is 16.2. The number of hydrogen-bond acceptors (Lipinski definition) is 14. The number of hydrogen-bond donors (Lipinski definition) is 0. The third-order valence-electron chi connectivity index (χ3n) is 6.59. The van der Waals surface area contributed by atoms with Crippen LogP contribution in [0.3, 0.4) is 0 Å². The third kappa shape index (κ3) is 12.8. The zero-order valence-electron chi connectivity index (χ0n) is 28.0. The quantitative estimate of drug-likeness (QED) is 0.0631. The van der Waals surface area contributed by atoms with Crippen LogP contribution in [0.4, 0.5) is 5.69 Å². The molecule has 3 aromatic carbocycles. The van der Waals surface area contributed by atoms with Crippen LogP contribution in [-0.4, -0.2) is 84.2 Å². The number of nitrogens with zero attached hydrogens (tertiary/aromatic N) is 5. The Morgan fingerprint density at radius 3 is 1.31 bits per heavy atom. The van der Waals surface area contributed by atoms with Gasteiger partial charge in [0, 0.05) is 34.1 Å². The van der Waals surface area contributed by atoms with Crippen molar-refractivity contribution < 1.29 is 41.0 Å². The van der Waals surface area contributed by atoms with E-state index >= 15 is 0 Å². The first kappa shape index (κ1) is 40.6. The molecular weight excluding hydrogens is 750 g/mol. The number of hydrazone groups is 2. The molecule has 264 valence electrons. The van der Waals surface area contributed by atoms with E-state index in [9.17, 15) is 9.13 Å². The van der Waals surface area contributed by atoms with Crippen LogP contribution in [0.25, 0.3) is 0 Å². The van der Waals surface area contributed by atoms with Crippen molar-refractivity contribution in [3.8, 4) is 17.2 Å². The molecule has 14 nitrogen and oxygen atoms in total. The van der Waals surface area contributed by atoms with Crippen molar-refractivity contribution in [2.24, 2.45) is 10.2 Å². The molecule has 0 saturated carbocycles. The van der Waals surface area contributed by atoms with Gasteiger partial charge in [-0.15, -0.1) is 10.2 Å². The smallest absolute Gasteiger partial charge is 0.497 e. The summed E-state index contributed by atoms with van der Waals surface area (Å²) >= 11 is 11.1. The summed E-state index contributed by atoms with van der Waals surface area (Å²) in [5.74, 6) is 1.86. The summed E-state index contributed by atoms with van der Waals surface area (Å²) in [6, 6.07) is 21.6. The van der Waals surface area contributed by atoms with Crippen LogP contribution in [0.1, 0.15) is 11.1 Å². The van der Waals surface area contributed by atoms with Gasteiger partial charge in [-0.05, 0) is 83.9 Å². The van der Waals surface area contributed by atoms with Crippen LogP contribution in [0.2, 0.25) is 0 Å². The van der Waals surface area contributed by atoms with E-state index < -0.39 is 29.3 Å². The first-order valence-electron chi connectivity index (χ1n) is 14.2. The van der Waals surface area contributed by atoms with Gasteiger partial charge in [0.1, 0.15) is 18.3 Å². The lowest BCUT2D eigenvalue weighted by Crippen LogP contribution is -2.27. The highest BCUT2D eigenvalue weighted by molar-refractivity contribution is 8.02. The monoisotopic (exact) mass is 789 g/mol. The highest BCUT2D eigenvalue weighted by Gasteiger charge is 2.32. The largest absolute Gasteiger partial charge is 0.540 e. The zero-order chi connectivity index (χ0) is 36.0. The third-order valence-corrected chi connectivity index (χ3v) is 13.9. The molecule has 20 heteroatoms. The Bertz CT molecular complexity index is 1660. The van der Waals surface area contributed by atoms with Crippen molar-refractivity contribution in [2.75, 3.05) is 67.1 Å². The maximum absolute atomic E-state index is 12.9. The van der Waals surface area contributed by atoms with Crippen molar-refractivity contribution in [1.29, 1.82) is 0 Å². The van der Waals surface area contributed by atoms with Crippen molar-refractivity contribution in [1.82, 2.24) is 9.56 Å². The van der Waals surface area contributed by atoms with E-state index in [-0.39, 0.29) is 12.6 Å². The Balaban J connectivity index is 1.57. The fourth-order valence-electron chi connectivity index (χ4n) is 3.71. The van der Waals surface area contributed by atoms with E-state index in [1.807, 2.05) is 36.4 Å². The van der Waals surface area contributed by atoms with Gasteiger partial charge in [-0.3, -0.25) is 18.2 Å².